The topological polar surface area (TPSA) is 40.9 Å². The molecule has 1 rings (SSSR count). The third-order valence-corrected chi connectivity index (χ3v) is 1.18. The Morgan fingerprint density at radius 3 is 2.08 bits per heavy atom. The molecule has 0 aromatic heterocycles. The van der Waals surface area contributed by atoms with Gasteiger partial charge in [-0.3, -0.25) is 4.79 Å². The molecule has 0 fully saturated rings. The van der Waals surface area contributed by atoms with E-state index in [4.69, 9.17) is 5.41 Å². The van der Waals surface area contributed by atoms with Gasteiger partial charge >= 0.3 is 0 Å². The zero-order valence-electron chi connectivity index (χ0n) is 6.70. The minimum Gasteiger partial charge on any atom is -0.295 e. The summed E-state index contributed by atoms with van der Waals surface area (Å²) in [6, 6.07) is 9.23. The highest BCUT2D eigenvalue weighted by atomic mass is 32.1. The molecule has 1 aromatic carbocycles. The quantitative estimate of drug-likeness (QED) is 0.409. The van der Waals surface area contributed by atoms with E-state index in [9.17, 15) is 4.79 Å². The van der Waals surface area contributed by atoms with Gasteiger partial charge in [0.1, 0.15) is 0 Å². The van der Waals surface area contributed by atoms with Gasteiger partial charge < -0.3 is 0 Å². The average Bonchev–Trinajstić information content (AvgIpc) is 2.07. The van der Waals surface area contributed by atoms with Crippen molar-refractivity contribution < 1.29 is 4.79 Å². The number of ketones is 1. The van der Waals surface area contributed by atoms with Crippen molar-refractivity contribution in [2.45, 2.75) is 6.92 Å². The molecular formula is C9H9NOS. The average molecular weight is 179 g/mol. The maximum atomic E-state index is 10.6. The second-order valence-corrected chi connectivity index (χ2v) is 2.23. The molecule has 0 atom stereocenters. The standard InChI is InChI=1S/C8H8O.CHNS/c1-7(9)8-5-3-2-4-6-8;2-1-3/h2-6H,1H3;2H. The molecule has 1 N–H and O–H groups in total. The number of hydrogen-bond acceptors (Lipinski definition) is 3. The molecule has 1 aromatic rings. The van der Waals surface area contributed by atoms with E-state index in [1.165, 1.54) is 0 Å². The Morgan fingerprint density at radius 1 is 1.42 bits per heavy atom. The summed E-state index contributed by atoms with van der Waals surface area (Å²) in [6.07, 6.45) is 0. The summed E-state index contributed by atoms with van der Waals surface area (Å²) in [4.78, 5) is 10.6. The van der Waals surface area contributed by atoms with Gasteiger partial charge in [0, 0.05) is 5.56 Å². The van der Waals surface area contributed by atoms with Crippen molar-refractivity contribution in [2.24, 2.45) is 0 Å². The first-order valence-corrected chi connectivity index (χ1v) is 3.73. The molecule has 2 nitrogen and oxygen atoms in total. The van der Waals surface area contributed by atoms with Crippen LogP contribution < -0.4 is 0 Å². The van der Waals surface area contributed by atoms with Crippen LogP contribution in [0.2, 0.25) is 0 Å². The number of rotatable bonds is 1. The molecule has 0 aliphatic rings. The fourth-order valence-electron chi connectivity index (χ4n) is 0.673. The number of carbonyl (C=O) groups is 1. The summed E-state index contributed by atoms with van der Waals surface area (Å²) in [5.41, 5.74) is 0.775. The van der Waals surface area contributed by atoms with Gasteiger partial charge in [-0.2, -0.15) is 0 Å². The lowest BCUT2D eigenvalue weighted by Crippen LogP contribution is -1.88. The van der Waals surface area contributed by atoms with E-state index in [2.05, 4.69) is 12.2 Å². The van der Waals surface area contributed by atoms with Crippen molar-refractivity contribution in [3.05, 3.63) is 35.9 Å². The van der Waals surface area contributed by atoms with Crippen molar-refractivity contribution in [1.82, 2.24) is 0 Å². The number of thiocarbonyl (C=S) groups is 1. The van der Waals surface area contributed by atoms with Crippen LogP contribution in [-0.4, -0.2) is 10.9 Å². The second kappa shape index (κ2) is 6.40. The Labute approximate surface area is 76.7 Å². The molecule has 0 aliphatic heterocycles. The number of isothiocyanates is 1. The van der Waals surface area contributed by atoms with Gasteiger partial charge in [-0.05, 0) is 19.1 Å². The van der Waals surface area contributed by atoms with Gasteiger partial charge in [0.25, 0.3) is 0 Å². The normalized spacial score (nSPS) is 7.42. The van der Waals surface area contributed by atoms with E-state index in [1.807, 2.05) is 30.3 Å². The fraction of sp³-hybridized carbons (Fsp3) is 0.111. The van der Waals surface area contributed by atoms with Gasteiger partial charge in [0.15, 0.2) is 5.78 Å². The molecule has 0 amide bonds. The Morgan fingerprint density at radius 2 is 1.83 bits per heavy atom. The highest BCUT2D eigenvalue weighted by molar-refractivity contribution is 7.78. The molecule has 0 spiro atoms. The fourth-order valence-corrected chi connectivity index (χ4v) is 0.673. The summed E-state index contributed by atoms with van der Waals surface area (Å²) >= 11 is 3.81. The van der Waals surface area contributed by atoms with Crippen LogP contribution in [0, 0.1) is 5.41 Å². The van der Waals surface area contributed by atoms with Crippen LogP contribution in [0.5, 0.6) is 0 Å². The van der Waals surface area contributed by atoms with E-state index in [1.54, 1.807) is 12.1 Å². The van der Waals surface area contributed by atoms with Crippen LogP contribution in [0.3, 0.4) is 0 Å². The largest absolute Gasteiger partial charge is 0.295 e. The molecule has 0 bridgehead atoms. The number of carbonyl (C=O) groups excluding carboxylic acids is 1. The molecule has 0 unspecified atom stereocenters. The van der Waals surface area contributed by atoms with Crippen molar-refractivity contribution in [2.75, 3.05) is 0 Å². The van der Waals surface area contributed by atoms with Crippen LogP contribution in [0.15, 0.2) is 30.3 Å². The maximum Gasteiger partial charge on any atom is 0.159 e. The zero-order valence-corrected chi connectivity index (χ0v) is 7.52. The highest BCUT2D eigenvalue weighted by Gasteiger charge is 1.92. The minimum absolute atomic E-state index is 0.121. The molecule has 0 heterocycles. The van der Waals surface area contributed by atoms with E-state index in [0.29, 0.717) is 0 Å². The first kappa shape index (κ1) is 10.7. The third-order valence-electron chi connectivity index (χ3n) is 1.18. The lowest BCUT2D eigenvalue weighted by Gasteiger charge is -1.89. The number of hydrogen-bond donors (Lipinski definition) is 1. The predicted molar refractivity (Wildman–Crippen MR) is 51.8 cm³/mol. The van der Waals surface area contributed by atoms with E-state index >= 15 is 0 Å². The molecule has 62 valence electrons. The maximum absolute atomic E-state index is 10.6. The van der Waals surface area contributed by atoms with Crippen LogP contribution >= 0.6 is 12.2 Å². The summed E-state index contributed by atoms with van der Waals surface area (Å²) in [6.45, 7) is 1.56. The second-order valence-electron chi connectivity index (χ2n) is 2.02. The van der Waals surface area contributed by atoms with Crippen LogP contribution in [-0.2, 0) is 0 Å². The smallest absolute Gasteiger partial charge is 0.159 e. The first-order chi connectivity index (χ1) is 5.72. The number of Topliss-reactive ketones (excluding diaryl/α,β-unsaturated/α-hetero) is 1. The first-order valence-electron chi connectivity index (χ1n) is 3.32. The Hall–Kier alpha value is -1.31. The zero-order chi connectivity index (χ0) is 9.40. The highest BCUT2D eigenvalue weighted by Crippen LogP contribution is 1.97. The van der Waals surface area contributed by atoms with Crippen molar-refractivity contribution in [3.8, 4) is 0 Å². The van der Waals surface area contributed by atoms with E-state index in [-0.39, 0.29) is 5.78 Å². The van der Waals surface area contributed by atoms with Crippen LogP contribution in [0.4, 0.5) is 0 Å². The summed E-state index contributed by atoms with van der Waals surface area (Å²) in [7, 11) is 0. The monoisotopic (exact) mass is 179 g/mol. The molecule has 0 aliphatic carbocycles. The van der Waals surface area contributed by atoms with Gasteiger partial charge in [0.2, 0.25) is 0 Å². The third kappa shape index (κ3) is 4.50. The number of nitrogens with one attached hydrogen (secondary N) is 1. The Bertz CT molecular complexity index is 276. The van der Waals surface area contributed by atoms with Crippen LogP contribution in [0.25, 0.3) is 0 Å². The molecule has 0 radical (unpaired) electrons. The number of benzene rings is 1. The Balaban J connectivity index is 0.000000354. The lowest BCUT2D eigenvalue weighted by atomic mass is 10.2. The summed E-state index contributed by atoms with van der Waals surface area (Å²) in [5, 5.41) is 7.36. The van der Waals surface area contributed by atoms with E-state index < -0.39 is 0 Å². The SMILES string of the molecule is CC(=O)c1ccccc1.N=C=S. The van der Waals surface area contributed by atoms with Crippen molar-refractivity contribution in [1.29, 1.82) is 5.41 Å². The molecule has 12 heavy (non-hydrogen) atoms. The summed E-state index contributed by atoms with van der Waals surface area (Å²) in [5.74, 6) is 0.121. The lowest BCUT2D eigenvalue weighted by molar-refractivity contribution is 0.101. The van der Waals surface area contributed by atoms with Crippen molar-refractivity contribution >= 4 is 23.2 Å². The molecule has 3 heteroatoms. The molecule has 0 saturated carbocycles. The van der Waals surface area contributed by atoms with Crippen molar-refractivity contribution in [3.63, 3.8) is 0 Å². The van der Waals surface area contributed by atoms with Gasteiger partial charge in [0.05, 0.1) is 5.16 Å². The molecule has 0 saturated heterocycles. The predicted octanol–water partition coefficient (Wildman–Crippen LogP) is 2.56. The van der Waals surface area contributed by atoms with Gasteiger partial charge in [-0.15, -0.1) is 0 Å². The Kier molecular flexibility index (Phi) is 5.70. The van der Waals surface area contributed by atoms with E-state index in [0.717, 1.165) is 5.56 Å². The minimum atomic E-state index is 0.121. The molecular weight excluding hydrogens is 170 g/mol. The van der Waals surface area contributed by atoms with Crippen LogP contribution in [0.1, 0.15) is 17.3 Å². The summed E-state index contributed by atoms with van der Waals surface area (Å²) < 4.78 is 0. The van der Waals surface area contributed by atoms with Gasteiger partial charge in [-0.1, -0.05) is 30.3 Å². The van der Waals surface area contributed by atoms with Gasteiger partial charge in [-0.25, -0.2) is 5.41 Å².